The molecule has 0 saturated carbocycles. The first-order valence-corrected chi connectivity index (χ1v) is 9.32. The van der Waals surface area contributed by atoms with Crippen LogP contribution in [0, 0.1) is 6.92 Å². The summed E-state index contributed by atoms with van der Waals surface area (Å²) in [6.45, 7) is 7.90. The molecule has 0 radical (unpaired) electrons. The van der Waals surface area contributed by atoms with E-state index < -0.39 is 0 Å². The van der Waals surface area contributed by atoms with Gasteiger partial charge >= 0.3 is 0 Å². The number of aromatic hydroxyl groups is 1. The molecule has 0 amide bonds. The number of aryl methyl sites for hydroxylation is 1. The maximum Gasteiger partial charge on any atom is 0.230 e. The SMILES string of the molecule is Cc1ccc([C@@H](c2sc3ncnn3c2O)N2C[C@@H](C)O[C@@H](C)C2)cc1. The highest BCUT2D eigenvalue weighted by atomic mass is 32.1. The number of hydrogen-bond acceptors (Lipinski definition) is 6. The van der Waals surface area contributed by atoms with E-state index in [0.717, 1.165) is 23.5 Å². The van der Waals surface area contributed by atoms with Crippen LogP contribution in [0.2, 0.25) is 0 Å². The number of nitrogens with zero attached hydrogens (tertiary/aromatic N) is 4. The first kappa shape index (κ1) is 16.5. The molecule has 0 unspecified atom stereocenters. The molecule has 3 heterocycles. The molecule has 1 fully saturated rings. The number of aromatic nitrogens is 3. The quantitative estimate of drug-likeness (QED) is 0.780. The van der Waals surface area contributed by atoms with E-state index in [1.807, 2.05) is 0 Å². The van der Waals surface area contributed by atoms with Crippen LogP contribution in [0.5, 0.6) is 5.88 Å². The van der Waals surface area contributed by atoms with E-state index in [2.05, 4.69) is 60.0 Å². The average Bonchev–Trinajstić information content (AvgIpc) is 3.13. The van der Waals surface area contributed by atoms with Crippen LogP contribution < -0.4 is 0 Å². The Morgan fingerprint density at radius 3 is 2.52 bits per heavy atom. The third-order valence-electron chi connectivity index (χ3n) is 4.59. The number of hydrogen-bond donors (Lipinski definition) is 1. The van der Waals surface area contributed by atoms with Gasteiger partial charge in [0.1, 0.15) is 6.33 Å². The average molecular weight is 358 g/mol. The van der Waals surface area contributed by atoms with Crippen molar-refractivity contribution in [1.82, 2.24) is 19.5 Å². The second kappa shape index (κ2) is 6.40. The van der Waals surface area contributed by atoms with Crippen LogP contribution >= 0.6 is 11.3 Å². The molecule has 1 aliphatic rings. The molecule has 0 spiro atoms. The Hall–Kier alpha value is -1.96. The van der Waals surface area contributed by atoms with E-state index in [0.29, 0.717) is 4.96 Å². The standard InChI is InChI=1S/C18H22N4O2S/c1-11-4-6-14(7-5-11)15(21-8-12(2)24-13(3)9-21)16-17(23)22-18(25-16)19-10-20-22/h4-7,10,12-13,15,23H,8-9H2,1-3H3/t12-,13+,15-/m0/s1. The molecule has 2 aromatic heterocycles. The topological polar surface area (TPSA) is 62.9 Å². The molecule has 132 valence electrons. The lowest BCUT2D eigenvalue weighted by Crippen LogP contribution is -2.47. The summed E-state index contributed by atoms with van der Waals surface area (Å²) >= 11 is 1.49. The van der Waals surface area contributed by atoms with Crippen LogP contribution in [-0.2, 0) is 4.74 Å². The molecule has 1 aliphatic heterocycles. The van der Waals surface area contributed by atoms with E-state index in [1.54, 1.807) is 0 Å². The van der Waals surface area contributed by atoms with Crippen molar-refractivity contribution in [2.75, 3.05) is 13.1 Å². The minimum absolute atomic E-state index is 0.0390. The molecule has 7 heteroatoms. The van der Waals surface area contributed by atoms with Crippen molar-refractivity contribution in [3.8, 4) is 5.88 Å². The number of morpholine rings is 1. The highest BCUT2D eigenvalue weighted by molar-refractivity contribution is 7.17. The van der Waals surface area contributed by atoms with Gasteiger partial charge in [0, 0.05) is 13.1 Å². The third kappa shape index (κ3) is 3.03. The van der Waals surface area contributed by atoms with Gasteiger partial charge in [-0.05, 0) is 26.3 Å². The van der Waals surface area contributed by atoms with Gasteiger partial charge in [-0.3, -0.25) is 4.90 Å². The molecule has 3 aromatic rings. The molecule has 3 atom stereocenters. The number of fused-ring (bicyclic) bond motifs is 1. The fourth-order valence-electron chi connectivity index (χ4n) is 3.58. The summed E-state index contributed by atoms with van der Waals surface area (Å²) in [5.74, 6) is 0.176. The molecular formula is C18H22N4O2S. The predicted molar refractivity (Wildman–Crippen MR) is 97.1 cm³/mol. The summed E-state index contributed by atoms with van der Waals surface area (Å²) in [7, 11) is 0. The minimum Gasteiger partial charge on any atom is -0.492 e. The number of rotatable bonds is 3. The Labute approximate surface area is 150 Å². The summed E-state index contributed by atoms with van der Waals surface area (Å²) in [5, 5.41) is 14.9. The van der Waals surface area contributed by atoms with Crippen molar-refractivity contribution < 1.29 is 9.84 Å². The van der Waals surface area contributed by atoms with Crippen molar-refractivity contribution in [2.45, 2.75) is 39.0 Å². The fourth-order valence-corrected chi connectivity index (χ4v) is 4.67. The molecule has 0 aliphatic carbocycles. The van der Waals surface area contributed by atoms with Crippen LogP contribution in [0.3, 0.4) is 0 Å². The molecule has 4 rings (SSSR count). The molecular weight excluding hydrogens is 336 g/mol. The predicted octanol–water partition coefficient (Wildman–Crippen LogP) is 3.00. The Bertz CT molecular complexity index is 863. The van der Waals surface area contributed by atoms with Crippen LogP contribution in [0.4, 0.5) is 0 Å². The van der Waals surface area contributed by atoms with Gasteiger partial charge < -0.3 is 9.84 Å². The number of benzene rings is 1. The van der Waals surface area contributed by atoms with E-state index in [-0.39, 0.29) is 24.1 Å². The minimum atomic E-state index is -0.0390. The zero-order chi connectivity index (χ0) is 17.6. The lowest BCUT2D eigenvalue weighted by atomic mass is 10.0. The van der Waals surface area contributed by atoms with Crippen molar-refractivity contribution >= 4 is 16.3 Å². The molecule has 25 heavy (non-hydrogen) atoms. The molecule has 1 saturated heterocycles. The first-order valence-electron chi connectivity index (χ1n) is 8.50. The summed E-state index contributed by atoms with van der Waals surface area (Å²) in [4.78, 5) is 8.20. The molecule has 6 nitrogen and oxygen atoms in total. The van der Waals surface area contributed by atoms with Gasteiger partial charge in [0.2, 0.25) is 10.8 Å². The summed E-state index contributed by atoms with van der Waals surface area (Å²) in [5.41, 5.74) is 2.38. The van der Waals surface area contributed by atoms with Crippen LogP contribution in [0.1, 0.15) is 35.9 Å². The zero-order valence-corrected chi connectivity index (χ0v) is 15.4. The van der Waals surface area contributed by atoms with Gasteiger partial charge in [0.25, 0.3) is 0 Å². The van der Waals surface area contributed by atoms with Gasteiger partial charge in [-0.1, -0.05) is 41.2 Å². The van der Waals surface area contributed by atoms with Gasteiger partial charge in [0.05, 0.1) is 23.1 Å². The largest absolute Gasteiger partial charge is 0.492 e. The summed E-state index contributed by atoms with van der Waals surface area (Å²) in [6, 6.07) is 8.47. The normalized spacial score (nSPS) is 23.2. The smallest absolute Gasteiger partial charge is 0.230 e. The summed E-state index contributed by atoms with van der Waals surface area (Å²) in [6.07, 6.45) is 1.77. The van der Waals surface area contributed by atoms with Crippen LogP contribution in [0.15, 0.2) is 30.6 Å². The van der Waals surface area contributed by atoms with Gasteiger partial charge in [-0.25, -0.2) is 4.98 Å². The van der Waals surface area contributed by atoms with Crippen molar-refractivity contribution in [3.63, 3.8) is 0 Å². The van der Waals surface area contributed by atoms with E-state index >= 15 is 0 Å². The lowest BCUT2D eigenvalue weighted by molar-refractivity contribution is -0.0764. The fraction of sp³-hybridized carbons (Fsp3) is 0.444. The first-order chi connectivity index (χ1) is 12.0. The maximum absolute atomic E-state index is 10.7. The monoisotopic (exact) mass is 358 g/mol. The van der Waals surface area contributed by atoms with Gasteiger partial charge in [0.15, 0.2) is 0 Å². The van der Waals surface area contributed by atoms with E-state index in [9.17, 15) is 5.11 Å². The maximum atomic E-state index is 10.7. The van der Waals surface area contributed by atoms with Crippen LogP contribution in [-0.4, -0.2) is 49.9 Å². The summed E-state index contributed by atoms with van der Waals surface area (Å²) < 4.78 is 7.41. The molecule has 1 N–H and O–H groups in total. The van der Waals surface area contributed by atoms with Gasteiger partial charge in [-0.2, -0.15) is 9.61 Å². The Balaban J connectivity index is 1.81. The number of thiazole rings is 1. The van der Waals surface area contributed by atoms with Crippen molar-refractivity contribution in [3.05, 3.63) is 46.6 Å². The Kier molecular flexibility index (Phi) is 4.23. The number of ether oxygens (including phenoxy) is 1. The van der Waals surface area contributed by atoms with Gasteiger partial charge in [-0.15, -0.1) is 0 Å². The van der Waals surface area contributed by atoms with Crippen molar-refractivity contribution in [2.24, 2.45) is 0 Å². The lowest BCUT2D eigenvalue weighted by Gasteiger charge is -2.40. The van der Waals surface area contributed by atoms with Crippen molar-refractivity contribution in [1.29, 1.82) is 0 Å². The Morgan fingerprint density at radius 1 is 1.20 bits per heavy atom. The van der Waals surface area contributed by atoms with E-state index in [4.69, 9.17) is 4.74 Å². The molecule has 0 bridgehead atoms. The molecule has 1 aromatic carbocycles. The zero-order valence-electron chi connectivity index (χ0n) is 14.6. The third-order valence-corrected chi connectivity index (χ3v) is 5.68. The highest BCUT2D eigenvalue weighted by Gasteiger charge is 2.33. The highest BCUT2D eigenvalue weighted by Crippen LogP contribution is 2.40. The van der Waals surface area contributed by atoms with Crippen LogP contribution in [0.25, 0.3) is 4.96 Å². The second-order valence-corrected chi connectivity index (χ2v) is 7.78. The Morgan fingerprint density at radius 2 is 1.88 bits per heavy atom. The second-order valence-electron chi connectivity index (χ2n) is 6.77. The van der Waals surface area contributed by atoms with E-state index in [1.165, 1.54) is 27.7 Å².